The van der Waals surface area contributed by atoms with Gasteiger partial charge in [0.15, 0.2) is 0 Å². The zero-order chi connectivity index (χ0) is 36.2. The van der Waals surface area contributed by atoms with Crippen LogP contribution in [-0.4, -0.2) is 79.2 Å². The molecule has 286 valence electrons. The Morgan fingerprint density at radius 2 is 1.02 bits per heavy atom. The standard InChI is InChI=1S/C41H76N2O5S/c1-6-8-10-12-14-22-28-35-47-39(44)30-24-18-16-20-26-33-43(41(46)49-37-32-38(3)42(4)5)34-27-21-17-19-25-31-40(45)48-36-29-23-15-13-11-9-7-2/h22-23,28-29,38H,6-21,24-27,30-37H2,1-5H3/b28-22-,29-23-. The number of hydrogen-bond acceptors (Lipinski definition) is 7. The third-order valence-corrected chi connectivity index (χ3v) is 9.93. The van der Waals surface area contributed by atoms with Gasteiger partial charge in [-0.1, -0.05) is 127 Å². The molecule has 7 nitrogen and oxygen atoms in total. The molecular weight excluding hydrogens is 633 g/mol. The van der Waals surface area contributed by atoms with Crippen LogP contribution >= 0.6 is 11.8 Å². The van der Waals surface area contributed by atoms with Crippen LogP contribution in [0.25, 0.3) is 0 Å². The van der Waals surface area contributed by atoms with E-state index in [-0.39, 0.29) is 17.2 Å². The average molecular weight is 709 g/mol. The van der Waals surface area contributed by atoms with Gasteiger partial charge in [-0.15, -0.1) is 0 Å². The zero-order valence-electron chi connectivity index (χ0n) is 32.5. The number of hydrogen-bond donors (Lipinski definition) is 0. The van der Waals surface area contributed by atoms with Gasteiger partial charge in [0.1, 0.15) is 13.2 Å². The highest BCUT2D eigenvalue weighted by atomic mass is 32.2. The molecule has 49 heavy (non-hydrogen) atoms. The van der Waals surface area contributed by atoms with Crippen LogP contribution in [0, 0.1) is 0 Å². The minimum Gasteiger partial charge on any atom is -0.461 e. The molecule has 1 atom stereocenters. The van der Waals surface area contributed by atoms with Crippen molar-refractivity contribution in [2.45, 2.75) is 174 Å². The molecule has 0 radical (unpaired) electrons. The Bertz CT molecular complexity index is 796. The van der Waals surface area contributed by atoms with Gasteiger partial charge in [-0.05, 0) is 78.8 Å². The highest BCUT2D eigenvalue weighted by Gasteiger charge is 2.15. The fourth-order valence-electron chi connectivity index (χ4n) is 5.34. The van der Waals surface area contributed by atoms with Gasteiger partial charge < -0.3 is 19.3 Å². The molecule has 8 heteroatoms. The monoisotopic (exact) mass is 709 g/mol. The maximum atomic E-state index is 13.1. The third-order valence-electron chi connectivity index (χ3n) is 8.98. The van der Waals surface area contributed by atoms with E-state index in [1.165, 1.54) is 63.1 Å². The summed E-state index contributed by atoms with van der Waals surface area (Å²) >= 11 is 1.46. The number of unbranched alkanes of at least 4 members (excludes halogenated alkanes) is 16. The molecule has 0 heterocycles. The van der Waals surface area contributed by atoms with Crippen molar-refractivity contribution in [3.8, 4) is 0 Å². The van der Waals surface area contributed by atoms with Crippen molar-refractivity contribution >= 4 is 28.9 Å². The number of carbonyl (C=O) groups is 3. The van der Waals surface area contributed by atoms with Crippen LogP contribution in [0.3, 0.4) is 0 Å². The van der Waals surface area contributed by atoms with Crippen LogP contribution < -0.4 is 0 Å². The molecule has 0 spiro atoms. The number of nitrogens with zero attached hydrogens (tertiary/aromatic N) is 2. The zero-order valence-corrected chi connectivity index (χ0v) is 33.3. The van der Waals surface area contributed by atoms with E-state index in [0.29, 0.717) is 32.1 Å². The lowest BCUT2D eigenvalue weighted by Crippen LogP contribution is -2.31. The summed E-state index contributed by atoms with van der Waals surface area (Å²) < 4.78 is 10.7. The van der Waals surface area contributed by atoms with Gasteiger partial charge >= 0.3 is 11.9 Å². The number of thioether (sulfide) groups is 1. The van der Waals surface area contributed by atoms with Crippen molar-refractivity contribution in [2.75, 3.05) is 46.2 Å². The first-order valence-corrected chi connectivity index (χ1v) is 21.0. The molecule has 0 rings (SSSR count). The molecule has 0 saturated heterocycles. The van der Waals surface area contributed by atoms with Crippen molar-refractivity contribution < 1.29 is 23.9 Å². The molecule has 0 fully saturated rings. The van der Waals surface area contributed by atoms with E-state index in [9.17, 15) is 14.4 Å². The summed E-state index contributed by atoms with van der Waals surface area (Å²) in [6.07, 6.45) is 32.2. The lowest BCUT2D eigenvalue weighted by Gasteiger charge is -2.23. The predicted octanol–water partition coefficient (Wildman–Crippen LogP) is 11.3. The van der Waals surface area contributed by atoms with Crippen molar-refractivity contribution in [3.63, 3.8) is 0 Å². The van der Waals surface area contributed by atoms with Crippen LogP contribution in [0.1, 0.15) is 168 Å². The molecular formula is C41H76N2O5S. The minimum absolute atomic E-state index is 0.107. The summed E-state index contributed by atoms with van der Waals surface area (Å²) in [6, 6.07) is 0.455. The van der Waals surface area contributed by atoms with Gasteiger partial charge in [0.2, 0.25) is 0 Å². The van der Waals surface area contributed by atoms with Gasteiger partial charge in [-0.3, -0.25) is 14.4 Å². The highest BCUT2D eigenvalue weighted by Crippen LogP contribution is 2.17. The summed E-state index contributed by atoms with van der Waals surface area (Å²) in [5, 5.41) is 0.196. The SMILES string of the molecule is CCCCCC/C=C\COC(=O)CCCCCCCN(CCCCCCCC(=O)OC/C=C\CCCCCC)C(=O)SCCC(C)N(C)C. The maximum absolute atomic E-state index is 13.1. The van der Waals surface area contributed by atoms with E-state index in [0.717, 1.165) is 102 Å². The topological polar surface area (TPSA) is 76.1 Å². The quantitative estimate of drug-likeness (QED) is 0.0374. The van der Waals surface area contributed by atoms with Crippen LogP contribution in [-0.2, 0) is 19.1 Å². The molecule has 0 N–H and O–H groups in total. The first kappa shape index (κ1) is 47.2. The summed E-state index contributed by atoms with van der Waals surface area (Å²) in [5.74, 6) is 0.623. The van der Waals surface area contributed by atoms with Crippen molar-refractivity contribution in [1.82, 2.24) is 9.80 Å². The van der Waals surface area contributed by atoms with E-state index in [2.05, 4.69) is 51.9 Å². The molecule has 0 aliphatic heterocycles. The lowest BCUT2D eigenvalue weighted by atomic mass is 10.1. The molecule has 0 aromatic carbocycles. The summed E-state index contributed by atoms with van der Waals surface area (Å²) in [6.45, 7) is 8.98. The van der Waals surface area contributed by atoms with Crippen molar-refractivity contribution in [3.05, 3.63) is 24.3 Å². The first-order chi connectivity index (χ1) is 23.8. The summed E-state index contributed by atoms with van der Waals surface area (Å²) in [5.41, 5.74) is 0. The van der Waals surface area contributed by atoms with Crippen molar-refractivity contribution in [1.29, 1.82) is 0 Å². The third kappa shape index (κ3) is 33.1. The lowest BCUT2D eigenvalue weighted by molar-refractivity contribution is -0.143. The van der Waals surface area contributed by atoms with E-state index in [1.54, 1.807) is 0 Å². The number of allylic oxidation sites excluding steroid dienone is 2. The molecule has 0 aliphatic rings. The number of esters is 2. The van der Waals surface area contributed by atoms with Gasteiger partial charge in [0.25, 0.3) is 5.24 Å². The molecule has 0 aromatic rings. The second kappa shape index (κ2) is 36.0. The van der Waals surface area contributed by atoms with Crippen LogP contribution in [0.4, 0.5) is 4.79 Å². The van der Waals surface area contributed by atoms with Crippen LogP contribution in [0.15, 0.2) is 24.3 Å². The van der Waals surface area contributed by atoms with E-state index < -0.39 is 0 Å². The Kier molecular flexibility index (Phi) is 34.7. The largest absolute Gasteiger partial charge is 0.461 e. The molecule has 0 bridgehead atoms. The molecule has 0 saturated carbocycles. The van der Waals surface area contributed by atoms with Gasteiger partial charge in [-0.2, -0.15) is 0 Å². The van der Waals surface area contributed by atoms with Crippen LogP contribution in [0.5, 0.6) is 0 Å². The Balaban J connectivity index is 4.21. The molecule has 1 amide bonds. The average Bonchev–Trinajstić information content (AvgIpc) is 3.08. The molecule has 0 aromatic heterocycles. The first-order valence-electron chi connectivity index (χ1n) is 20.0. The smallest absolute Gasteiger partial charge is 0.306 e. The number of carbonyl (C=O) groups excluding carboxylic acids is 3. The van der Waals surface area contributed by atoms with E-state index in [4.69, 9.17) is 9.47 Å². The highest BCUT2D eigenvalue weighted by molar-refractivity contribution is 8.13. The predicted molar refractivity (Wildman–Crippen MR) is 210 cm³/mol. The summed E-state index contributed by atoms with van der Waals surface area (Å²) in [7, 11) is 4.16. The second-order valence-electron chi connectivity index (χ2n) is 13.7. The fourth-order valence-corrected chi connectivity index (χ4v) is 6.34. The fraction of sp³-hybridized carbons (Fsp3) is 0.829. The van der Waals surface area contributed by atoms with Gasteiger partial charge in [0, 0.05) is 37.7 Å². The van der Waals surface area contributed by atoms with E-state index in [1.807, 2.05) is 17.1 Å². The Labute approximate surface area is 306 Å². The normalized spacial score (nSPS) is 12.3. The Hall–Kier alpha value is -1.80. The number of ether oxygens (including phenoxy) is 2. The molecule has 0 aliphatic carbocycles. The number of amides is 1. The van der Waals surface area contributed by atoms with Crippen molar-refractivity contribution in [2.24, 2.45) is 0 Å². The van der Waals surface area contributed by atoms with Crippen LogP contribution in [0.2, 0.25) is 0 Å². The van der Waals surface area contributed by atoms with E-state index >= 15 is 0 Å². The van der Waals surface area contributed by atoms with Gasteiger partial charge in [-0.25, -0.2) is 0 Å². The summed E-state index contributed by atoms with van der Waals surface area (Å²) in [4.78, 5) is 41.4. The second-order valence-corrected chi connectivity index (χ2v) is 14.8. The van der Waals surface area contributed by atoms with Gasteiger partial charge in [0.05, 0.1) is 0 Å². The Morgan fingerprint density at radius 1 is 0.592 bits per heavy atom. The minimum atomic E-state index is -0.107. The Morgan fingerprint density at radius 3 is 1.47 bits per heavy atom. The number of rotatable bonds is 34. The maximum Gasteiger partial charge on any atom is 0.306 e. The molecule has 1 unspecified atom stereocenters.